The lowest BCUT2D eigenvalue weighted by Crippen LogP contribution is -1.94. The van der Waals surface area contributed by atoms with E-state index in [1.165, 1.54) is 89.9 Å². The van der Waals surface area contributed by atoms with Gasteiger partial charge in [-0.1, -0.05) is 96.8 Å². The summed E-state index contributed by atoms with van der Waals surface area (Å²) in [6, 6.07) is 0. The summed E-state index contributed by atoms with van der Waals surface area (Å²) in [6.07, 6.45) is 21.8. The maximum Gasteiger partial charge on any atom is 0.100 e. The molecule has 0 rings (SSSR count). The van der Waals surface area contributed by atoms with Crippen molar-refractivity contribution in [3.8, 4) is 0 Å². The Balaban J connectivity index is 2.94. The molecule has 0 aliphatic heterocycles. The average molecular weight is 299 g/mol. The Bertz CT molecular complexity index is 204. The zero-order chi connectivity index (χ0) is 14.9. The molecule has 120 valence electrons. The molecule has 0 atom stereocenters. The predicted octanol–water partition coefficient (Wildman–Crippen LogP) is 5.14. The minimum absolute atomic E-state index is 0.486. The summed E-state index contributed by atoms with van der Waals surface area (Å²) in [5, 5.41) is 0.486. The van der Waals surface area contributed by atoms with E-state index in [9.17, 15) is 4.79 Å². The van der Waals surface area contributed by atoms with Crippen LogP contribution in [0.2, 0.25) is 0 Å². The summed E-state index contributed by atoms with van der Waals surface area (Å²) in [6.45, 7) is 2.28. The van der Waals surface area contributed by atoms with Crippen LogP contribution in [0.3, 0.4) is 0 Å². The first-order valence-electron chi connectivity index (χ1n) is 9.26. The van der Waals surface area contributed by atoms with Crippen LogP contribution >= 0.6 is 0 Å². The Morgan fingerprint density at radius 3 is 1.20 bits per heavy atom. The van der Waals surface area contributed by atoms with Gasteiger partial charge in [0, 0.05) is 6.42 Å². The standard InChI is InChI=1S/C18H38OSi/c1-2-3-4-5-6-7-8-9-10-11-12-13-14-15-16-17-18(19)20/h2-17H2,1,20H3. The van der Waals surface area contributed by atoms with Gasteiger partial charge < -0.3 is 4.79 Å². The molecule has 0 fully saturated rings. The van der Waals surface area contributed by atoms with Crippen LogP contribution in [0.25, 0.3) is 0 Å². The molecule has 0 aromatic heterocycles. The number of carbonyl (C=O) groups is 1. The lowest BCUT2D eigenvalue weighted by atomic mass is 10.0. The molecule has 0 aliphatic rings. The third-order valence-electron chi connectivity index (χ3n) is 4.13. The molecule has 0 N–H and O–H groups in total. The lowest BCUT2D eigenvalue weighted by molar-refractivity contribution is -0.111. The Kier molecular flexibility index (Phi) is 16.8. The third kappa shape index (κ3) is 17.9. The maximum absolute atomic E-state index is 10.8. The van der Waals surface area contributed by atoms with E-state index >= 15 is 0 Å². The first-order chi connectivity index (χ1) is 9.77. The Morgan fingerprint density at radius 1 is 0.600 bits per heavy atom. The fourth-order valence-electron chi connectivity index (χ4n) is 2.75. The van der Waals surface area contributed by atoms with Gasteiger partial charge in [0.05, 0.1) is 10.2 Å². The molecular formula is C18H38OSi. The zero-order valence-electron chi connectivity index (χ0n) is 14.2. The van der Waals surface area contributed by atoms with Gasteiger partial charge in [-0.3, -0.25) is 0 Å². The van der Waals surface area contributed by atoms with Gasteiger partial charge >= 0.3 is 0 Å². The topological polar surface area (TPSA) is 17.1 Å². The third-order valence-corrected chi connectivity index (χ3v) is 4.63. The van der Waals surface area contributed by atoms with Crippen LogP contribution in [0.4, 0.5) is 0 Å². The minimum Gasteiger partial charge on any atom is -0.307 e. The largest absolute Gasteiger partial charge is 0.307 e. The molecule has 0 saturated heterocycles. The molecule has 0 aromatic carbocycles. The van der Waals surface area contributed by atoms with Crippen LogP contribution < -0.4 is 0 Å². The fourth-order valence-corrected chi connectivity index (χ4v) is 3.10. The Morgan fingerprint density at radius 2 is 0.900 bits per heavy atom. The molecule has 2 heteroatoms. The monoisotopic (exact) mass is 298 g/mol. The summed E-state index contributed by atoms with van der Waals surface area (Å²) in [4.78, 5) is 10.8. The molecular weight excluding hydrogens is 260 g/mol. The quantitative estimate of drug-likeness (QED) is 0.285. The maximum atomic E-state index is 10.8. The number of unbranched alkanes of at least 4 members (excludes halogenated alkanes) is 14. The van der Waals surface area contributed by atoms with Crippen molar-refractivity contribution in [3.05, 3.63) is 0 Å². The number of hydrogen-bond acceptors (Lipinski definition) is 1. The van der Waals surface area contributed by atoms with E-state index < -0.39 is 0 Å². The Hall–Kier alpha value is -0.113. The van der Waals surface area contributed by atoms with Crippen molar-refractivity contribution >= 4 is 15.6 Å². The molecule has 0 aliphatic carbocycles. The van der Waals surface area contributed by atoms with Gasteiger partial charge in [-0.15, -0.1) is 0 Å². The van der Waals surface area contributed by atoms with Gasteiger partial charge in [0.1, 0.15) is 5.41 Å². The van der Waals surface area contributed by atoms with Crippen LogP contribution in [0.5, 0.6) is 0 Å². The van der Waals surface area contributed by atoms with Crippen molar-refractivity contribution in [2.45, 2.75) is 110 Å². The second kappa shape index (κ2) is 16.9. The van der Waals surface area contributed by atoms with E-state index in [0.29, 0.717) is 5.41 Å². The molecule has 0 unspecified atom stereocenters. The molecule has 0 aromatic rings. The highest BCUT2D eigenvalue weighted by Crippen LogP contribution is 2.13. The number of carbonyl (C=O) groups excluding carboxylic acids is 1. The second-order valence-electron chi connectivity index (χ2n) is 6.40. The van der Waals surface area contributed by atoms with Gasteiger partial charge in [-0.05, 0) is 6.42 Å². The van der Waals surface area contributed by atoms with E-state index in [4.69, 9.17) is 0 Å². The smallest absolute Gasteiger partial charge is 0.100 e. The van der Waals surface area contributed by atoms with Gasteiger partial charge in [-0.25, -0.2) is 0 Å². The normalized spacial score (nSPS) is 11.1. The van der Waals surface area contributed by atoms with Crippen molar-refractivity contribution < 1.29 is 4.79 Å². The van der Waals surface area contributed by atoms with E-state index in [1.54, 1.807) is 0 Å². The summed E-state index contributed by atoms with van der Waals surface area (Å²) in [5.74, 6) is 0. The van der Waals surface area contributed by atoms with Crippen molar-refractivity contribution in [2.24, 2.45) is 0 Å². The number of rotatable bonds is 16. The van der Waals surface area contributed by atoms with Gasteiger partial charge in [-0.2, -0.15) is 0 Å². The first-order valence-corrected chi connectivity index (χ1v) is 10.3. The van der Waals surface area contributed by atoms with Crippen molar-refractivity contribution in [2.75, 3.05) is 0 Å². The average Bonchev–Trinajstić information content (AvgIpc) is 2.43. The minimum atomic E-state index is 0.486. The molecule has 0 saturated carbocycles. The van der Waals surface area contributed by atoms with Crippen LogP contribution in [0.1, 0.15) is 110 Å². The summed E-state index contributed by atoms with van der Waals surface area (Å²) in [7, 11) is 0.751. The SMILES string of the molecule is CCCCCCCCCCCCCCCCCC(=O)[SiH3]. The van der Waals surface area contributed by atoms with E-state index in [-0.39, 0.29) is 0 Å². The van der Waals surface area contributed by atoms with E-state index in [2.05, 4.69) is 6.92 Å². The van der Waals surface area contributed by atoms with Crippen LogP contribution in [-0.2, 0) is 4.79 Å². The number of hydrogen-bond donors (Lipinski definition) is 0. The molecule has 0 spiro atoms. The fraction of sp³-hybridized carbons (Fsp3) is 0.944. The summed E-state index contributed by atoms with van der Waals surface area (Å²) in [5.41, 5.74) is 0. The second-order valence-corrected chi connectivity index (χ2v) is 7.52. The van der Waals surface area contributed by atoms with E-state index in [0.717, 1.165) is 23.1 Å². The molecule has 1 nitrogen and oxygen atoms in total. The highest BCUT2D eigenvalue weighted by atomic mass is 28.1. The molecule has 0 radical (unpaired) electrons. The van der Waals surface area contributed by atoms with E-state index in [1.807, 2.05) is 0 Å². The van der Waals surface area contributed by atoms with Crippen LogP contribution in [0.15, 0.2) is 0 Å². The highest BCUT2D eigenvalue weighted by molar-refractivity contribution is 6.57. The van der Waals surface area contributed by atoms with Crippen LogP contribution in [-0.4, -0.2) is 15.6 Å². The summed E-state index contributed by atoms with van der Waals surface area (Å²) < 4.78 is 0. The van der Waals surface area contributed by atoms with Gasteiger partial charge in [0.25, 0.3) is 0 Å². The molecule has 0 amide bonds. The first kappa shape index (κ1) is 19.9. The summed E-state index contributed by atoms with van der Waals surface area (Å²) >= 11 is 0. The van der Waals surface area contributed by atoms with Crippen molar-refractivity contribution in [1.82, 2.24) is 0 Å². The molecule has 0 heterocycles. The van der Waals surface area contributed by atoms with Crippen LogP contribution in [0, 0.1) is 0 Å². The predicted molar refractivity (Wildman–Crippen MR) is 94.5 cm³/mol. The van der Waals surface area contributed by atoms with Gasteiger partial charge in [0.15, 0.2) is 0 Å². The molecule has 20 heavy (non-hydrogen) atoms. The van der Waals surface area contributed by atoms with Crippen molar-refractivity contribution in [1.29, 1.82) is 0 Å². The highest BCUT2D eigenvalue weighted by Gasteiger charge is 1.95. The Labute approximate surface area is 130 Å². The van der Waals surface area contributed by atoms with Crippen molar-refractivity contribution in [3.63, 3.8) is 0 Å². The molecule has 0 bridgehead atoms. The zero-order valence-corrected chi connectivity index (χ0v) is 16.2. The lowest BCUT2D eigenvalue weighted by Gasteiger charge is -2.03. The van der Waals surface area contributed by atoms with Gasteiger partial charge in [0.2, 0.25) is 0 Å².